The molecular weight excluding hydrogens is 386 g/mol. The Bertz CT molecular complexity index is 1200. The number of carbonyl (C=O) groups is 1. The van der Waals surface area contributed by atoms with Gasteiger partial charge in [0.05, 0.1) is 17.5 Å². The lowest BCUT2D eigenvalue weighted by Crippen LogP contribution is -1.98. The number of halogens is 1. The monoisotopic (exact) mass is 403 g/mol. The van der Waals surface area contributed by atoms with Gasteiger partial charge in [0.25, 0.3) is 0 Å². The molecule has 0 amide bonds. The van der Waals surface area contributed by atoms with Crippen molar-refractivity contribution >= 4 is 40.4 Å². The van der Waals surface area contributed by atoms with Crippen LogP contribution in [0.3, 0.4) is 0 Å². The van der Waals surface area contributed by atoms with Gasteiger partial charge in [0.15, 0.2) is 0 Å². The number of hydrogen-bond donors (Lipinski definition) is 2. The van der Waals surface area contributed by atoms with E-state index in [-0.39, 0.29) is 5.56 Å². The van der Waals surface area contributed by atoms with Gasteiger partial charge in [0.2, 0.25) is 0 Å². The second-order valence-corrected chi connectivity index (χ2v) is 6.98. The molecule has 3 aromatic carbocycles. The molecule has 1 aromatic heterocycles. The molecule has 0 bridgehead atoms. The fourth-order valence-electron chi connectivity index (χ4n) is 3.18. The summed E-state index contributed by atoms with van der Waals surface area (Å²) in [4.78, 5) is 10.9. The molecular formula is C23H18ClN3O2. The van der Waals surface area contributed by atoms with E-state index in [1.54, 1.807) is 18.3 Å². The molecule has 29 heavy (non-hydrogen) atoms. The third kappa shape index (κ3) is 4.15. The van der Waals surface area contributed by atoms with Crippen molar-refractivity contribution in [2.45, 2.75) is 6.54 Å². The Labute approximate surface area is 172 Å². The molecule has 144 valence electrons. The van der Waals surface area contributed by atoms with E-state index in [0.29, 0.717) is 12.2 Å². The smallest absolute Gasteiger partial charge is 0.335 e. The Morgan fingerprint density at radius 2 is 1.76 bits per heavy atom. The summed E-state index contributed by atoms with van der Waals surface area (Å²) >= 11 is 6.33. The number of aromatic carboxylic acids is 1. The molecule has 0 saturated carbocycles. The highest BCUT2D eigenvalue weighted by molar-refractivity contribution is 6.31. The molecule has 0 aliphatic rings. The fraction of sp³-hybridized carbons (Fsp3) is 0.0435. The van der Waals surface area contributed by atoms with Gasteiger partial charge in [0.1, 0.15) is 0 Å². The van der Waals surface area contributed by atoms with Crippen LogP contribution in [-0.4, -0.2) is 21.9 Å². The first-order valence-electron chi connectivity index (χ1n) is 9.05. The first kappa shape index (κ1) is 18.8. The van der Waals surface area contributed by atoms with Gasteiger partial charge in [-0.15, -0.1) is 0 Å². The molecule has 0 atom stereocenters. The van der Waals surface area contributed by atoms with Crippen LogP contribution in [0.2, 0.25) is 5.02 Å². The Morgan fingerprint density at radius 1 is 1.03 bits per heavy atom. The molecule has 0 fully saturated rings. The summed E-state index contributed by atoms with van der Waals surface area (Å²) in [5.41, 5.74) is 7.01. The third-order valence-corrected chi connectivity index (χ3v) is 5.02. The van der Waals surface area contributed by atoms with Crippen molar-refractivity contribution in [3.63, 3.8) is 0 Å². The number of nitrogens with zero attached hydrogens (tertiary/aromatic N) is 2. The molecule has 0 saturated heterocycles. The maximum Gasteiger partial charge on any atom is 0.335 e. The number of para-hydroxylation sites is 1. The van der Waals surface area contributed by atoms with Gasteiger partial charge >= 0.3 is 5.97 Å². The predicted octanol–water partition coefficient (Wildman–Crippen LogP) is 5.49. The summed E-state index contributed by atoms with van der Waals surface area (Å²) in [5.74, 6) is -0.952. The van der Waals surface area contributed by atoms with Crippen molar-refractivity contribution in [3.8, 4) is 0 Å². The number of rotatable bonds is 6. The van der Waals surface area contributed by atoms with Crippen molar-refractivity contribution in [1.29, 1.82) is 0 Å². The molecule has 1 heterocycles. The van der Waals surface area contributed by atoms with Crippen LogP contribution in [0.15, 0.2) is 84.1 Å². The second-order valence-electron chi connectivity index (χ2n) is 6.57. The van der Waals surface area contributed by atoms with Gasteiger partial charge < -0.3 is 9.67 Å². The zero-order chi connectivity index (χ0) is 20.2. The van der Waals surface area contributed by atoms with E-state index < -0.39 is 5.97 Å². The Kier molecular flexibility index (Phi) is 5.31. The van der Waals surface area contributed by atoms with E-state index in [4.69, 9.17) is 16.7 Å². The van der Waals surface area contributed by atoms with Crippen molar-refractivity contribution in [2.75, 3.05) is 5.43 Å². The zero-order valence-corrected chi connectivity index (χ0v) is 16.2. The SMILES string of the molecule is O=C(O)c1ccc(N/N=C/c2cn(Cc3ccccc3Cl)c3ccccc23)cc1. The van der Waals surface area contributed by atoms with Crippen LogP contribution >= 0.6 is 11.6 Å². The number of hydrogen-bond acceptors (Lipinski definition) is 3. The first-order chi connectivity index (χ1) is 14.1. The van der Waals surface area contributed by atoms with E-state index >= 15 is 0 Å². The zero-order valence-electron chi connectivity index (χ0n) is 15.4. The quantitative estimate of drug-likeness (QED) is 0.330. The van der Waals surface area contributed by atoms with E-state index in [9.17, 15) is 4.79 Å². The highest BCUT2D eigenvalue weighted by Gasteiger charge is 2.08. The second kappa shape index (κ2) is 8.20. The van der Waals surface area contributed by atoms with Crippen LogP contribution in [0.1, 0.15) is 21.5 Å². The first-order valence-corrected chi connectivity index (χ1v) is 9.43. The van der Waals surface area contributed by atoms with Crippen molar-refractivity contribution in [3.05, 3.63) is 101 Å². The third-order valence-electron chi connectivity index (χ3n) is 4.65. The van der Waals surface area contributed by atoms with Gasteiger partial charge in [-0.05, 0) is 42.0 Å². The van der Waals surface area contributed by atoms with E-state index in [1.165, 1.54) is 12.1 Å². The van der Waals surface area contributed by atoms with Gasteiger partial charge in [-0.3, -0.25) is 5.43 Å². The van der Waals surface area contributed by atoms with E-state index in [1.807, 2.05) is 42.6 Å². The van der Waals surface area contributed by atoms with Crippen LogP contribution in [0, 0.1) is 0 Å². The fourth-order valence-corrected chi connectivity index (χ4v) is 3.38. The number of carboxylic acid groups (broad SMARTS) is 1. The minimum Gasteiger partial charge on any atom is -0.478 e. The molecule has 4 aromatic rings. The maximum atomic E-state index is 10.9. The van der Waals surface area contributed by atoms with Crippen LogP contribution in [0.5, 0.6) is 0 Å². The number of hydrazone groups is 1. The number of anilines is 1. The minimum atomic E-state index is -0.952. The Hall–Kier alpha value is -3.57. The lowest BCUT2D eigenvalue weighted by molar-refractivity contribution is 0.0697. The number of fused-ring (bicyclic) bond motifs is 1. The van der Waals surface area contributed by atoms with E-state index in [2.05, 4.69) is 27.2 Å². The average molecular weight is 404 g/mol. The summed E-state index contributed by atoms with van der Waals surface area (Å²) in [6, 6.07) is 22.4. The van der Waals surface area contributed by atoms with Gasteiger partial charge in [-0.1, -0.05) is 48.0 Å². The molecule has 0 aliphatic heterocycles. The highest BCUT2D eigenvalue weighted by Crippen LogP contribution is 2.23. The van der Waals surface area contributed by atoms with Crippen LogP contribution in [0.4, 0.5) is 5.69 Å². The summed E-state index contributed by atoms with van der Waals surface area (Å²) < 4.78 is 2.15. The molecule has 6 heteroatoms. The lowest BCUT2D eigenvalue weighted by Gasteiger charge is -2.07. The molecule has 5 nitrogen and oxygen atoms in total. The summed E-state index contributed by atoms with van der Waals surface area (Å²) in [5, 5.41) is 15.1. The normalized spacial score (nSPS) is 11.2. The van der Waals surface area contributed by atoms with Crippen LogP contribution in [-0.2, 0) is 6.54 Å². The Balaban J connectivity index is 1.58. The number of benzene rings is 3. The standard InChI is InChI=1S/C23H18ClN3O2/c24-21-7-3-1-5-17(21)14-27-15-18(20-6-2-4-8-22(20)27)13-25-26-19-11-9-16(10-12-19)23(28)29/h1-13,15,26H,14H2,(H,28,29)/b25-13+. The molecule has 2 N–H and O–H groups in total. The average Bonchev–Trinajstić information content (AvgIpc) is 3.08. The summed E-state index contributed by atoms with van der Waals surface area (Å²) in [6.45, 7) is 0.665. The summed E-state index contributed by atoms with van der Waals surface area (Å²) in [7, 11) is 0. The number of carboxylic acids is 1. The largest absolute Gasteiger partial charge is 0.478 e. The van der Waals surface area contributed by atoms with Crippen molar-refractivity contribution < 1.29 is 9.90 Å². The maximum absolute atomic E-state index is 10.9. The number of nitrogens with one attached hydrogen (secondary N) is 1. The molecule has 0 unspecified atom stereocenters. The van der Waals surface area contributed by atoms with Crippen molar-refractivity contribution in [2.24, 2.45) is 5.10 Å². The van der Waals surface area contributed by atoms with Crippen LogP contribution < -0.4 is 5.43 Å². The number of aromatic nitrogens is 1. The van der Waals surface area contributed by atoms with E-state index in [0.717, 1.165) is 27.1 Å². The summed E-state index contributed by atoms with van der Waals surface area (Å²) in [6.07, 6.45) is 3.81. The molecule has 0 aliphatic carbocycles. The highest BCUT2D eigenvalue weighted by atomic mass is 35.5. The lowest BCUT2D eigenvalue weighted by atomic mass is 10.2. The minimum absolute atomic E-state index is 0.238. The van der Waals surface area contributed by atoms with Gasteiger partial charge in [0, 0.05) is 34.2 Å². The molecule has 0 spiro atoms. The topological polar surface area (TPSA) is 66.6 Å². The Morgan fingerprint density at radius 3 is 2.52 bits per heavy atom. The predicted molar refractivity (Wildman–Crippen MR) is 117 cm³/mol. The molecule has 0 radical (unpaired) electrons. The van der Waals surface area contributed by atoms with Gasteiger partial charge in [-0.2, -0.15) is 5.10 Å². The van der Waals surface area contributed by atoms with Gasteiger partial charge in [-0.25, -0.2) is 4.79 Å². The van der Waals surface area contributed by atoms with Crippen molar-refractivity contribution in [1.82, 2.24) is 4.57 Å². The molecule has 4 rings (SSSR count). The van der Waals surface area contributed by atoms with Crippen LogP contribution in [0.25, 0.3) is 10.9 Å².